The van der Waals surface area contributed by atoms with Crippen LogP contribution in [0.3, 0.4) is 0 Å². The first-order chi connectivity index (χ1) is 11.2. The molecule has 23 heavy (non-hydrogen) atoms. The Bertz CT molecular complexity index is 915. The molecule has 5 nitrogen and oxygen atoms in total. The van der Waals surface area contributed by atoms with Crippen molar-refractivity contribution in [3.63, 3.8) is 0 Å². The van der Waals surface area contributed by atoms with Gasteiger partial charge in [0.2, 0.25) is 0 Å². The lowest BCUT2D eigenvalue weighted by atomic mass is 10.1. The predicted molar refractivity (Wildman–Crippen MR) is 94.1 cm³/mol. The number of rotatable bonds is 3. The van der Waals surface area contributed by atoms with Crippen molar-refractivity contribution in [3.05, 3.63) is 45.7 Å². The zero-order valence-electron chi connectivity index (χ0n) is 12.5. The lowest BCUT2D eigenvalue weighted by molar-refractivity contribution is -0.743. The van der Waals surface area contributed by atoms with Gasteiger partial charge < -0.3 is 4.74 Å². The lowest BCUT2D eigenvalue weighted by Crippen LogP contribution is -2.36. The van der Waals surface area contributed by atoms with E-state index < -0.39 is 0 Å². The summed E-state index contributed by atoms with van der Waals surface area (Å²) in [6.45, 7) is 0. The number of carbonyl (C=O) groups excluding carboxylic acids is 1. The van der Waals surface area contributed by atoms with Crippen LogP contribution in [0.4, 0.5) is 0 Å². The molecule has 0 amide bonds. The number of nitrogens with zero attached hydrogens (tertiary/aromatic N) is 2. The summed E-state index contributed by atoms with van der Waals surface area (Å²) in [6, 6.07) is 10.0. The molecule has 2 aromatic heterocycles. The van der Waals surface area contributed by atoms with E-state index in [-0.39, 0.29) is 5.97 Å². The summed E-state index contributed by atoms with van der Waals surface area (Å²) in [4.78, 5) is 16.4. The molecule has 2 heterocycles. The highest BCUT2D eigenvalue weighted by Gasteiger charge is 2.37. The maximum atomic E-state index is 11.6. The standard InChI is InChI=1S/C17H14IN3O2/c1-23-17(22)11-3-6-14-10(8-11)2-7-15(20-14)16-13(18)9-19-21(16)12-4-5-12/h2-3,6-9,12H,4-5H2,1H3/p+1. The fourth-order valence-corrected chi connectivity index (χ4v) is 3.42. The van der Waals surface area contributed by atoms with Crippen LogP contribution in [0, 0.1) is 3.57 Å². The van der Waals surface area contributed by atoms with E-state index in [1.54, 1.807) is 6.07 Å². The summed E-state index contributed by atoms with van der Waals surface area (Å²) in [6.07, 6.45) is 4.44. The zero-order valence-corrected chi connectivity index (χ0v) is 14.7. The molecule has 1 aliphatic rings. The number of fused-ring (bicyclic) bond motifs is 1. The van der Waals surface area contributed by atoms with Crippen LogP contribution in [0.25, 0.3) is 22.3 Å². The van der Waals surface area contributed by atoms with Crippen molar-refractivity contribution >= 4 is 39.5 Å². The van der Waals surface area contributed by atoms with Crippen molar-refractivity contribution in [1.82, 2.24) is 10.1 Å². The van der Waals surface area contributed by atoms with Crippen LogP contribution in [-0.2, 0) is 4.74 Å². The van der Waals surface area contributed by atoms with Gasteiger partial charge in [0.05, 0.1) is 24.4 Å². The molecule has 1 N–H and O–H groups in total. The normalized spacial score (nSPS) is 14.2. The van der Waals surface area contributed by atoms with Crippen LogP contribution >= 0.6 is 22.6 Å². The Morgan fingerprint density at radius 1 is 1.35 bits per heavy atom. The highest BCUT2D eigenvalue weighted by Crippen LogP contribution is 2.32. The average Bonchev–Trinajstić information content (AvgIpc) is 3.35. The SMILES string of the molecule is COC(=O)c1ccc2nc(-c3c(I)c[nH][n+]3C3CC3)ccc2c1. The molecule has 0 unspecified atom stereocenters. The third-order valence-corrected chi connectivity index (χ3v) is 4.88. The van der Waals surface area contributed by atoms with Crippen molar-refractivity contribution in [2.45, 2.75) is 18.9 Å². The number of aromatic nitrogens is 3. The molecule has 1 aromatic carbocycles. The molecule has 4 rings (SSSR count). The molecule has 6 heteroatoms. The molecule has 0 atom stereocenters. The minimum Gasteiger partial charge on any atom is -0.465 e. The summed E-state index contributed by atoms with van der Waals surface area (Å²) in [5.41, 5.74) is 3.49. The predicted octanol–water partition coefficient (Wildman–Crippen LogP) is 3.24. The second kappa shape index (κ2) is 5.59. The lowest BCUT2D eigenvalue weighted by Gasteiger charge is -2.03. The van der Waals surface area contributed by atoms with Gasteiger partial charge in [0.25, 0.3) is 5.69 Å². The molecule has 1 aliphatic carbocycles. The number of halogens is 1. The third-order valence-electron chi connectivity index (χ3n) is 4.06. The van der Waals surface area contributed by atoms with Gasteiger partial charge in [-0.15, -0.1) is 4.68 Å². The molecular weight excluding hydrogens is 405 g/mol. The number of esters is 1. The fourth-order valence-electron chi connectivity index (χ4n) is 2.74. The van der Waals surface area contributed by atoms with Gasteiger partial charge >= 0.3 is 5.97 Å². The number of aromatic amines is 1. The topological polar surface area (TPSA) is 58.9 Å². The highest BCUT2D eigenvalue weighted by molar-refractivity contribution is 14.1. The Kier molecular flexibility index (Phi) is 3.56. The van der Waals surface area contributed by atoms with Crippen LogP contribution in [0.5, 0.6) is 0 Å². The largest absolute Gasteiger partial charge is 0.465 e. The first-order valence-corrected chi connectivity index (χ1v) is 8.53. The number of pyridine rings is 1. The van der Waals surface area contributed by atoms with Crippen LogP contribution in [0.2, 0.25) is 0 Å². The van der Waals surface area contributed by atoms with E-state index >= 15 is 0 Å². The van der Waals surface area contributed by atoms with E-state index in [0.717, 1.165) is 25.9 Å². The van der Waals surface area contributed by atoms with Gasteiger partial charge in [-0.1, -0.05) is 6.07 Å². The Balaban J connectivity index is 1.81. The van der Waals surface area contributed by atoms with Crippen molar-refractivity contribution in [2.24, 2.45) is 0 Å². The van der Waals surface area contributed by atoms with Gasteiger partial charge in [-0.2, -0.15) is 5.10 Å². The quantitative estimate of drug-likeness (QED) is 0.402. The molecule has 0 radical (unpaired) electrons. The second-order valence-corrected chi connectivity index (χ2v) is 6.83. The van der Waals surface area contributed by atoms with Gasteiger partial charge in [-0.05, 0) is 46.9 Å². The van der Waals surface area contributed by atoms with Crippen molar-refractivity contribution < 1.29 is 14.2 Å². The van der Waals surface area contributed by atoms with Gasteiger partial charge in [-0.3, -0.25) is 0 Å². The molecule has 3 aromatic rings. The summed E-state index contributed by atoms with van der Waals surface area (Å²) >= 11 is 2.34. The number of ether oxygens (including phenoxy) is 1. The van der Waals surface area contributed by atoms with Gasteiger partial charge in [0, 0.05) is 18.2 Å². The number of carbonyl (C=O) groups is 1. The molecule has 116 valence electrons. The van der Waals surface area contributed by atoms with Crippen LogP contribution in [0.15, 0.2) is 36.5 Å². The smallest absolute Gasteiger partial charge is 0.337 e. The monoisotopic (exact) mass is 420 g/mol. The number of nitrogens with one attached hydrogen (secondary N) is 1. The van der Waals surface area contributed by atoms with E-state index in [0.29, 0.717) is 11.6 Å². The maximum Gasteiger partial charge on any atom is 0.337 e. The first-order valence-electron chi connectivity index (χ1n) is 7.45. The van der Waals surface area contributed by atoms with Crippen LogP contribution in [-0.4, -0.2) is 23.2 Å². The second-order valence-electron chi connectivity index (χ2n) is 5.67. The molecule has 0 aliphatic heterocycles. The van der Waals surface area contributed by atoms with Crippen molar-refractivity contribution in [2.75, 3.05) is 7.11 Å². The van der Waals surface area contributed by atoms with Crippen LogP contribution < -0.4 is 4.68 Å². The number of benzene rings is 1. The molecular formula is C17H15IN3O2+. The average molecular weight is 420 g/mol. The molecule has 0 bridgehead atoms. The van der Waals surface area contributed by atoms with E-state index in [9.17, 15) is 4.79 Å². The van der Waals surface area contributed by atoms with Crippen molar-refractivity contribution in [1.29, 1.82) is 0 Å². The van der Waals surface area contributed by atoms with Crippen molar-refractivity contribution in [3.8, 4) is 11.4 Å². The number of methoxy groups -OCH3 is 1. The van der Waals surface area contributed by atoms with E-state index in [4.69, 9.17) is 9.72 Å². The van der Waals surface area contributed by atoms with Gasteiger partial charge in [-0.25, -0.2) is 9.78 Å². The Hall–Kier alpha value is -1.96. The van der Waals surface area contributed by atoms with E-state index in [2.05, 4.69) is 32.4 Å². The third kappa shape index (κ3) is 2.60. The maximum absolute atomic E-state index is 11.6. The summed E-state index contributed by atoms with van der Waals surface area (Å²) in [5, 5.41) is 4.25. The molecule has 1 fully saturated rings. The Morgan fingerprint density at radius 2 is 2.17 bits per heavy atom. The minimum atomic E-state index is -0.331. The fraction of sp³-hybridized carbons (Fsp3) is 0.235. The van der Waals surface area contributed by atoms with Gasteiger partial charge in [0.15, 0.2) is 6.04 Å². The van der Waals surface area contributed by atoms with Gasteiger partial charge in [0.1, 0.15) is 9.26 Å². The summed E-state index contributed by atoms with van der Waals surface area (Å²) < 4.78 is 8.13. The number of H-pyrrole nitrogens is 1. The minimum absolute atomic E-state index is 0.331. The Labute approximate surface area is 146 Å². The highest BCUT2D eigenvalue weighted by atomic mass is 127. The zero-order chi connectivity index (χ0) is 16.0. The van der Waals surface area contributed by atoms with E-state index in [1.165, 1.54) is 20.0 Å². The summed E-state index contributed by atoms with van der Waals surface area (Å²) in [7, 11) is 1.39. The molecule has 0 saturated heterocycles. The molecule has 0 spiro atoms. The first kappa shape index (κ1) is 14.6. The number of hydrogen-bond acceptors (Lipinski definition) is 3. The van der Waals surface area contributed by atoms with E-state index in [1.807, 2.05) is 30.5 Å². The van der Waals surface area contributed by atoms with Crippen LogP contribution in [0.1, 0.15) is 29.2 Å². The Morgan fingerprint density at radius 3 is 2.91 bits per heavy atom. The molecule has 1 saturated carbocycles. The summed E-state index contributed by atoms with van der Waals surface area (Å²) in [5.74, 6) is -0.331. The number of hydrogen-bond donors (Lipinski definition) is 1.